The maximum atomic E-state index is 3.96. The minimum atomic E-state index is -0.222. The largest absolute Gasteiger partial charge is 0.355 e. The topological polar surface area (TPSA) is 15.3 Å². The predicted octanol–water partition coefficient (Wildman–Crippen LogP) is 13.5. The van der Waals surface area contributed by atoms with Gasteiger partial charge in [-0.1, -0.05) is 160 Å². The average Bonchev–Trinajstić information content (AvgIpc) is 3.27. The van der Waals surface area contributed by atoms with Crippen LogP contribution in [0.15, 0.2) is 188 Å². The van der Waals surface area contributed by atoms with E-state index in [0.717, 1.165) is 28.4 Å². The van der Waals surface area contributed by atoms with E-state index in [-0.39, 0.29) is 10.8 Å². The normalized spacial score (nSPS) is 14.2. The van der Waals surface area contributed by atoms with Gasteiger partial charge in [0.2, 0.25) is 0 Å². The van der Waals surface area contributed by atoms with Crippen LogP contribution in [0.1, 0.15) is 49.9 Å². The van der Waals surface area contributed by atoms with E-state index >= 15 is 0 Å². The Labute approximate surface area is 348 Å². The molecular formula is C56H44BN2. The Morgan fingerprint density at radius 2 is 0.966 bits per heavy atom. The molecule has 59 heavy (non-hydrogen) atoms. The molecule has 1 aliphatic carbocycles. The molecule has 1 heterocycles. The summed E-state index contributed by atoms with van der Waals surface area (Å²) in [4.78, 5) is 2.41. The Bertz CT molecular complexity index is 3050. The fourth-order valence-electron chi connectivity index (χ4n) is 10.1. The number of fused-ring (bicyclic) bond motifs is 6. The van der Waals surface area contributed by atoms with Gasteiger partial charge in [-0.15, -0.1) is 0 Å². The summed E-state index contributed by atoms with van der Waals surface area (Å²) in [5.74, 6) is 0. The molecule has 1 radical (unpaired) electrons. The molecule has 1 aliphatic heterocycles. The molecule has 2 nitrogen and oxygen atoms in total. The van der Waals surface area contributed by atoms with Crippen LogP contribution in [0.25, 0.3) is 43.8 Å². The Hall–Kier alpha value is -6.84. The molecule has 9 aromatic rings. The van der Waals surface area contributed by atoms with Gasteiger partial charge in [0, 0.05) is 44.8 Å². The molecule has 0 unspecified atom stereocenters. The Balaban J connectivity index is 1.26. The fraction of sp³-hybridized carbons (Fsp3) is 0.107. The summed E-state index contributed by atoms with van der Waals surface area (Å²) < 4.78 is 0. The van der Waals surface area contributed by atoms with Gasteiger partial charge >= 0.3 is 0 Å². The van der Waals surface area contributed by atoms with Crippen LogP contribution in [0.2, 0.25) is 0 Å². The van der Waals surface area contributed by atoms with Crippen molar-refractivity contribution in [2.24, 2.45) is 0 Å². The van der Waals surface area contributed by atoms with Gasteiger partial charge in [0.1, 0.15) is 0 Å². The molecular weight excluding hydrogens is 711 g/mol. The van der Waals surface area contributed by atoms with Crippen molar-refractivity contribution in [1.29, 1.82) is 0 Å². The molecule has 2 aliphatic rings. The molecule has 9 aromatic carbocycles. The van der Waals surface area contributed by atoms with Crippen molar-refractivity contribution in [3.05, 3.63) is 210 Å². The fourth-order valence-corrected chi connectivity index (χ4v) is 10.1. The van der Waals surface area contributed by atoms with Crippen LogP contribution < -0.4 is 21.1 Å². The molecule has 11 rings (SSSR count). The second-order valence-electron chi connectivity index (χ2n) is 17.3. The minimum absolute atomic E-state index is 0.201. The second kappa shape index (κ2) is 13.4. The number of hydrogen-bond acceptors (Lipinski definition) is 2. The van der Waals surface area contributed by atoms with Crippen molar-refractivity contribution in [2.75, 3.05) is 10.2 Å². The monoisotopic (exact) mass is 755 g/mol. The smallest absolute Gasteiger partial charge is 0.193 e. The first-order valence-electron chi connectivity index (χ1n) is 20.8. The molecule has 0 aromatic heterocycles. The molecule has 0 atom stereocenters. The molecule has 0 saturated carbocycles. The second-order valence-corrected chi connectivity index (χ2v) is 17.3. The highest BCUT2D eigenvalue weighted by Gasteiger charge is 2.42. The minimum Gasteiger partial charge on any atom is -0.355 e. The molecule has 281 valence electrons. The third kappa shape index (κ3) is 5.56. The summed E-state index contributed by atoms with van der Waals surface area (Å²) in [6.45, 7) is 9.59. The Morgan fingerprint density at radius 3 is 1.63 bits per heavy atom. The molecule has 0 fully saturated rings. The van der Waals surface area contributed by atoms with Crippen LogP contribution in [-0.2, 0) is 10.8 Å². The average molecular weight is 756 g/mol. The summed E-state index contributed by atoms with van der Waals surface area (Å²) in [6, 6.07) is 69.2. The summed E-state index contributed by atoms with van der Waals surface area (Å²) in [5, 5.41) is 9.09. The number of anilines is 5. The lowest BCUT2D eigenvalue weighted by Gasteiger charge is -2.44. The SMILES string of the molecule is CC1(C)c2ccccc2C(C)(C)c2cc(-c3cc(N(c4ccccc4)c4ccccc4)cc4c3[B]c3cccc5c3c-4cc3ccccc35)c(Nc3ccccc3)cc21. The van der Waals surface area contributed by atoms with Crippen molar-refractivity contribution in [3.63, 3.8) is 0 Å². The van der Waals surface area contributed by atoms with E-state index in [2.05, 4.69) is 233 Å². The zero-order valence-corrected chi connectivity index (χ0v) is 33.9. The van der Waals surface area contributed by atoms with Crippen LogP contribution in [0, 0.1) is 0 Å². The van der Waals surface area contributed by atoms with Gasteiger partial charge in [-0.25, -0.2) is 0 Å². The standard InChI is InChI=1S/C56H44BN2/c1-55(2)47-28-16-17-29-48(47)56(3,4)50-35-52(58-37-20-8-5-9-21-37)43(34-49(50)55)45-32-40(59(38-22-10-6-11-23-38)39-24-12-7-13-25-39)33-46-44-31-36-19-14-15-26-41(36)42-27-18-30-51(53(42)44)57-54(45)46/h5-35,58H,1-4H3. The van der Waals surface area contributed by atoms with Gasteiger partial charge in [-0.2, -0.15) is 0 Å². The maximum absolute atomic E-state index is 3.96. The van der Waals surface area contributed by atoms with Crippen LogP contribution >= 0.6 is 0 Å². The van der Waals surface area contributed by atoms with Crippen LogP contribution in [0.4, 0.5) is 28.4 Å². The van der Waals surface area contributed by atoms with E-state index in [1.165, 1.54) is 77.0 Å². The quantitative estimate of drug-likeness (QED) is 0.134. The van der Waals surface area contributed by atoms with Crippen LogP contribution in [0.3, 0.4) is 0 Å². The first-order chi connectivity index (χ1) is 28.8. The lowest BCUT2D eigenvalue weighted by atomic mass is 9.54. The third-order valence-corrected chi connectivity index (χ3v) is 13.1. The van der Waals surface area contributed by atoms with Gasteiger partial charge < -0.3 is 10.2 Å². The first-order valence-corrected chi connectivity index (χ1v) is 20.8. The summed E-state index contributed by atoms with van der Waals surface area (Å²) in [5.41, 5.74) is 17.9. The molecule has 1 N–H and O–H groups in total. The van der Waals surface area contributed by atoms with Gasteiger partial charge in [-0.3, -0.25) is 0 Å². The number of nitrogens with one attached hydrogen (secondary N) is 1. The molecule has 0 spiro atoms. The van der Waals surface area contributed by atoms with Crippen molar-refractivity contribution in [3.8, 4) is 22.3 Å². The van der Waals surface area contributed by atoms with Crippen molar-refractivity contribution in [1.82, 2.24) is 0 Å². The van der Waals surface area contributed by atoms with Crippen molar-refractivity contribution < 1.29 is 0 Å². The maximum Gasteiger partial charge on any atom is 0.193 e. The molecule has 0 amide bonds. The highest BCUT2D eigenvalue weighted by Crippen LogP contribution is 2.53. The number of benzene rings is 9. The highest BCUT2D eigenvalue weighted by atomic mass is 15.1. The van der Waals surface area contributed by atoms with Gasteiger partial charge in [0.25, 0.3) is 0 Å². The van der Waals surface area contributed by atoms with Crippen LogP contribution in [0.5, 0.6) is 0 Å². The predicted molar refractivity (Wildman–Crippen MR) is 252 cm³/mol. The Kier molecular flexibility index (Phi) is 8.00. The highest BCUT2D eigenvalue weighted by molar-refractivity contribution is 6.74. The number of rotatable bonds is 6. The van der Waals surface area contributed by atoms with E-state index in [4.69, 9.17) is 0 Å². The first kappa shape index (κ1) is 35.3. The van der Waals surface area contributed by atoms with Gasteiger partial charge in [-0.05, 0) is 127 Å². The summed E-state index contributed by atoms with van der Waals surface area (Å²) >= 11 is 0. The zero-order chi connectivity index (χ0) is 39.9. The van der Waals surface area contributed by atoms with Crippen molar-refractivity contribution in [2.45, 2.75) is 38.5 Å². The summed E-state index contributed by atoms with van der Waals surface area (Å²) in [7, 11) is 2.45. The van der Waals surface area contributed by atoms with Gasteiger partial charge in [0.05, 0.1) is 0 Å². The van der Waals surface area contributed by atoms with Crippen molar-refractivity contribution >= 4 is 68.2 Å². The van der Waals surface area contributed by atoms with Crippen LogP contribution in [-0.4, -0.2) is 7.28 Å². The number of para-hydroxylation sites is 3. The number of hydrogen-bond donors (Lipinski definition) is 1. The molecule has 0 bridgehead atoms. The lowest BCUT2D eigenvalue weighted by molar-refractivity contribution is 0.521. The number of nitrogens with zero attached hydrogens (tertiary/aromatic N) is 1. The van der Waals surface area contributed by atoms with E-state index in [0.29, 0.717) is 0 Å². The van der Waals surface area contributed by atoms with Gasteiger partial charge in [0.15, 0.2) is 7.28 Å². The van der Waals surface area contributed by atoms with E-state index < -0.39 is 0 Å². The Morgan fingerprint density at radius 1 is 0.424 bits per heavy atom. The third-order valence-electron chi connectivity index (χ3n) is 13.1. The van der Waals surface area contributed by atoms with E-state index in [9.17, 15) is 0 Å². The zero-order valence-electron chi connectivity index (χ0n) is 33.9. The molecule has 3 heteroatoms. The van der Waals surface area contributed by atoms with E-state index in [1.54, 1.807) is 0 Å². The molecule has 0 saturated heterocycles. The van der Waals surface area contributed by atoms with E-state index in [1.807, 2.05) is 0 Å². The summed E-state index contributed by atoms with van der Waals surface area (Å²) in [6.07, 6.45) is 0. The lowest BCUT2D eigenvalue weighted by Crippen LogP contribution is -2.37.